The average Bonchev–Trinajstić information content (AvgIpc) is 3.16. The Balaban J connectivity index is 1.66. The van der Waals surface area contributed by atoms with Crippen LogP contribution >= 0.6 is 0 Å². The van der Waals surface area contributed by atoms with E-state index >= 15 is 0 Å². The van der Waals surface area contributed by atoms with Gasteiger partial charge in [0.15, 0.2) is 21.4 Å². The maximum absolute atomic E-state index is 12.5. The van der Waals surface area contributed by atoms with Crippen LogP contribution in [0, 0.1) is 0 Å². The van der Waals surface area contributed by atoms with Gasteiger partial charge in [0.05, 0.1) is 16.7 Å². The van der Waals surface area contributed by atoms with Crippen molar-refractivity contribution in [2.45, 2.75) is 37.7 Å². The van der Waals surface area contributed by atoms with Crippen LogP contribution in [-0.4, -0.2) is 24.1 Å². The first-order chi connectivity index (χ1) is 13.2. The van der Waals surface area contributed by atoms with E-state index in [2.05, 4.69) is 5.16 Å². The molecule has 0 fully saturated rings. The standard InChI is InChI=1S/C22H23NO4S/c1-22(2,3)28(25,26)15-17-6-8-18(9-7-17)20(24)14-16-4-10-19(11-5-16)21-12-13-23-27-21/h4-13H,14-15H2,1-3H3. The molecule has 0 aliphatic heterocycles. The molecular formula is C22H23NO4S. The molecule has 0 radical (unpaired) electrons. The fourth-order valence-electron chi connectivity index (χ4n) is 2.66. The van der Waals surface area contributed by atoms with E-state index in [-0.39, 0.29) is 18.0 Å². The predicted molar refractivity (Wildman–Crippen MR) is 109 cm³/mol. The quantitative estimate of drug-likeness (QED) is 0.573. The highest BCUT2D eigenvalue weighted by Gasteiger charge is 2.28. The summed E-state index contributed by atoms with van der Waals surface area (Å²) in [4.78, 5) is 12.5. The predicted octanol–water partition coefficient (Wildman–Crippen LogP) is 4.48. The summed E-state index contributed by atoms with van der Waals surface area (Å²) < 4.78 is 28.9. The number of benzene rings is 2. The lowest BCUT2D eigenvalue weighted by atomic mass is 10.0. The molecule has 146 valence electrons. The summed E-state index contributed by atoms with van der Waals surface area (Å²) in [5, 5.41) is 3.68. The van der Waals surface area contributed by atoms with Crippen molar-refractivity contribution in [2.75, 3.05) is 0 Å². The molecule has 3 aromatic rings. The van der Waals surface area contributed by atoms with Crippen LogP contribution in [0.2, 0.25) is 0 Å². The second-order valence-corrected chi connectivity index (χ2v) is 10.5. The molecule has 0 saturated heterocycles. The first kappa shape index (κ1) is 20.0. The largest absolute Gasteiger partial charge is 0.356 e. The minimum absolute atomic E-state index is 0.0161. The van der Waals surface area contributed by atoms with Gasteiger partial charge in [-0.1, -0.05) is 53.7 Å². The van der Waals surface area contributed by atoms with Gasteiger partial charge in [-0.25, -0.2) is 8.42 Å². The molecule has 0 N–H and O–H groups in total. The molecule has 5 nitrogen and oxygen atoms in total. The fraction of sp³-hybridized carbons (Fsp3) is 0.273. The third-order valence-electron chi connectivity index (χ3n) is 4.61. The van der Waals surface area contributed by atoms with Gasteiger partial charge < -0.3 is 4.52 Å². The average molecular weight is 397 g/mol. The number of hydrogen-bond donors (Lipinski definition) is 0. The molecule has 6 heteroatoms. The molecule has 2 aromatic carbocycles. The molecule has 0 amide bonds. The van der Waals surface area contributed by atoms with Crippen molar-refractivity contribution in [3.8, 4) is 11.3 Å². The summed E-state index contributed by atoms with van der Waals surface area (Å²) in [6.07, 6.45) is 1.86. The van der Waals surface area contributed by atoms with Gasteiger partial charge in [-0.3, -0.25) is 4.79 Å². The summed E-state index contributed by atoms with van der Waals surface area (Å²) in [7, 11) is -3.25. The first-order valence-electron chi connectivity index (χ1n) is 9.00. The van der Waals surface area contributed by atoms with E-state index in [1.165, 1.54) is 0 Å². The number of ketones is 1. The topological polar surface area (TPSA) is 77.2 Å². The van der Waals surface area contributed by atoms with Crippen molar-refractivity contribution in [3.05, 3.63) is 77.5 Å². The van der Waals surface area contributed by atoms with Crippen LogP contribution < -0.4 is 0 Å². The van der Waals surface area contributed by atoms with Crippen LogP contribution in [0.15, 0.2) is 65.3 Å². The Kier molecular flexibility index (Phi) is 5.52. The molecular weight excluding hydrogens is 374 g/mol. The SMILES string of the molecule is CC(C)(C)S(=O)(=O)Cc1ccc(C(=O)Cc2ccc(-c3ccno3)cc2)cc1. The van der Waals surface area contributed by atoms with Crippen LogP contribution in [0.5, 0.6) is 0 Å². The molecule has 0 unspecified atom stereocenters. The van der Waals surface area contributed by atoms with E-state index in [0.717, 1.165) is 11.1 Å². The van der Waals surface area contributed by atoms with Crippen molar-refractivity contribution in [1.29, 1.82) is 0 Å². The number of Topliss-reactive ketones (excluding diaryl/α,β-unsaturated/α-hetero) is 1. The highest BCUT2D eigenvalue weighted by molar-refractivity contribution is 7.91. The number of carbonyl (C=O) groups is 1. The molecule has 0 saturated carbocycles. The highest BCUT2D eigenvalue weighted by atomic mass is 32.2. The Morgan fingerprint density at radius 3 is 2.07 bits per heavy atom. The summed E-state index contributed by atoms with van der Waals surface area (Å²) >= 11 is 0. The van der Waals surface area contributed by atoms with Gasteiger partial charge >= 0.3 is 0 Å². The minimum atomic E-state index is -3.25. The van der Waals surface area contributed by atoms with Crippen molar-refractivity contribution in [3.63, 3.8) is 0 Å². The number of hydrogen-bond acceptors (Lipinski definition) is 5. The third kappa shape index (κ3) is 4.57. The number of carbonyl (C=O) groups excluding carboxylic acids is 1. The zero-order chi connectivity index (χ0) is 20.4. The van der Waals surface area contributed by atoms with Crippen molar-refractivity contribution in [1.82, 2.24) is 5.16 Å². The monoisotopic (exact) mass is 397 g/mol. The summed E-state index contributed by atoms with van der Waals surface area (Å²) in [5.41, 5.74) is 3.05. The molecule has 0 bridgehead atoms. The molecule has 0 aliphatic carbocycles. The Bertz CT molecular complexity index is 1040. The molecule has 0 spiro atoms. The van der Waals surface area contributed by atoms with Crippen LogP contribution in [0.1, 0.15) is 42.3 Å². The Labute approximate surface area is 165 Å². The molecule has 0 atom stereocenters. The highest BCUT2D eigenvalue weighted by Crippen LogP contribution is 2.22. The second kappa shape index (κ2) is 7.72. The summed E-state index contributed by atoms with van der Waals surface area (Å²) in [6, 6.07) is 16.2. The Morgan fingerprint density at radius 1 is 0.929 bits per heavy atom. The van der Waals surface area contributed by atoms with Gasteiger partial charge in [0, 0.05) is 23.6 Å². The van der Waals surface area contributed by atoms with Crippen molar-refractivity contribution >= 4 is 15.6 Å². The normalized spacial score (nSPS) is 12.1. The lowest BCUT2D eigenvalue weighted by Crippen LogP contribution is -2.29. The van der Waals surface area contributed by atoms with Gasteiger partial charge in [-0.15, -0.1) is 0 Å². The van der Waals surface area contributed by atoms with Gasteiger partial charge in [-0.2, -0.15) is 0 Å². The fourth-order valence-corrected chi connectivity index (χ4v) is 3.73. The summed E-state index contributed by atoms with van der Waals surface area (Å²) in [6.45, 7) is 5.07. The number of aromatic nitrogens is 1. The van der Waals surface area contributed by atoms with E-state index in [1.54, 1.807) is 57.3 Å². The number of rotatable bonds is 6. The number of sulfone groups is 1. The van der Waals surface area contributed by atoms with Crippen molar-refractivity contribution < 1.29 is 17.7 Å². The maximum Gasteiger partial charge on any atom is 0.167 e. The second-order valence-electron chi connectivity index (χ2n) is 7.74. The Morgan fingerprint density at radius 2 is 1.54 bits per heavy atom. The Hall–Kier alpha value is -2.73. The molecule has 1 heterocycles. The lowest BCUT2D eigenvalue weighted by molar-refractivity contribution is 0.0993. The molecule has 0 aliphatic rings. The van der Waals surface area contributed by atoms with E-state index in [0.29, 0.717) is 16.9 Å². The van der Waals surface area contributed by atoms with E-state index in [1.807, 2.05) is 24.3 Å². The molecule has 28 heavy (non-hydrogen) atoms. The van der Waals surface area contributed by atoms with Gasteiger partial charge in [-0.05, 0) is 31.9 Å². The smallest absolute Gasteiger partial charge is 0.167 e. The van der Waals surface area contributed by atoms with Gasteiger partial charge in [0.25, 0.3) is 0 Å². The molecule has 3 rings (SSSR count). The number of nitrogens with zero attached hydrogens (tertiary/aromatic N) is 1. The zero-order valence-corrected chi connectivity index (χ0v) is 17.0. The van der Waals surface area contributed by atoms with Crippen molar-refractivity contribution in [2.24, 2.45) is 0 Å². The molecule has 1 aromatic heterocycles. The van der Waals surface area contributed by atoms with Gasteiger partial charge in [0.2, 0.25) is 0 Å². The van der Waals surface area contributed by atoms with E-state index in [4.69, 9.17) is 4.52 Å². The van der Waals surface area contributed by atoms with Crippen LogP contribution in [0.4, 0.5) is 0 Å². The van der Waals surface area contributed by atoms with E-state index < -0.39 is 14.6 Å². The van der Waals surface area contributed by atoms with Crippen LogP contribution in [-0.2, 0) is 22.0 Å². The lowest BCUT2D eigenvalue weighted by Gasteiger charge is -2.19. The first-order valence-corrected chi connectivity index (χ1v) is 10.7. The summed E-state index contributed by atoms with van der Waals surface area (Å²) in [5.74, 6) is 0.630. The minimum Gasteiger partial charge on any atom is -0.356 e. The maximum atomic E-state index is 12.5. The third-order valence-corrected chi connectivity index (χ3v) is 7.19. The van der Waals surface area contributed by atoms with Crippen LogP contribution in [0.25, 0.3) is 11.3 Å². The van der Waals surface area contributed by atoms with Gasteiger partial charge in [0.1, 0.15) is 0 Å². The van der Waals surface area contributed by atoms with E-state index in [9.17, 15) is 13.2 Å². The zero-order valence-electron chi connectivity index (χ0n) is 16.2. The van der Waals surface area contributed by atoms with Crippen LogP contribution in [0.3, 0.4) is 0 Å².